The van der Waals surface area contributed by atoms with Gasteiger partial charge in [0.15, 0.2) is 5.84 Å². The number of hydrogen-bond donors (Lipinski definition) is 1. The van der Waals surface area contributed by atoms with Crippen LogP contribution in [0.5, 0.6) is 0 Å². The lowest BCUT2D eigenvalue weighted by atomic mass is 9.91. The van der Waals surface area contributed by atoms with E-state index in [0.29, 0.717) is 6.04 Å². The molecule has 0 fully saturated rings. The van der Waals surface area contributed by atoms with E-state index in [1.807, 2.05) is 0 Å². The second-order valence-electron chi connectivity index (χ2n) is 8.44. The molecule has 0 bridgehead atoms. The maximum Gasteiger partial charge on any atom is 0.159 e. The lowest BCUT2D eigenvalue weighted by molar-refractivity contribution is 0.135. The zero-order valence-corrected chi connectivity index (χ0v) is 19.4. The summed E-state index contributed by atoms with van der Waals surface area (Å²) in [5.74, 6) is 2.33. The monoisotopic (exact) mass is 416 g/mol. The van der Waals surface area contributed by atoms with Gasteiger partial charge < -0.3 is 9.64 Å². The van der Waals surface area contributed by atoms with Crippen LogP contribution in [0.1, 0.15) is 49.4 Å². The summed E-state index contributed by atoms with van der Waals surface area (Å²) in [6, 6.07) is 5.20. The number of hydrazine groups is 1. The number of allylic oxidation sites excluding steroid dienone is 1. The number of methoxy groups -OCH3 is 1. The molecule has 6 heteroatoms. The fourth-order valence-electron chi connectivity index (χ4n) is 5.02. The van der Waals surface area contributed by atoms with E-state index in [4.69, 9.17) is 9.73 Å². The molecule has 4 rings (SSSR count). The maximum absolute atomic E-state index is 5.38. The number of fused-ring (bicyclic) bond motifs is 2. The molecular weight excluding hydrogens is 384 g/mol. The Morgan fingerprint density at radius 2 is 1.79 bits per heavy atom. The van der Waals surface area contributed by atoms with Gasteiger partial charge in [-0.1, -0.05) is 17.7 Å². The number of hydrogen-bond acceptors (Lipinski definition) is 5. The minimum Gasteiger partial charge on any atom is -0.383 e. The van der Waals surface area contributed by atoms with Crippen LogP contribution in [-0.4, -0.2) is 48.1 Å². The van der Waals surface area contributed by atoms with Gasteiger partial charge in [0.25, 0.3) is 0 Å². The van der Waals surface area contributed by atoms with Gasteiger partial charge in [-0.3, -0.25) is 10.4 Å². The van der Waals surface area contributed by atoms with Crippen molar-refractivity contribution in [2.45, 2.75) is 60.0 Å². The van der Waals surface area contributed by atoms with Crippen molar-refractivity contribution in [1.82, 2.24) is 15.3 Å². The minimum atomic E-state index is 0. The highest BCUT2D eigenvalue weighted by molar-refractivity contribution is 6.26. The van der Waals surface area contributed by atoms with Crippen molar-refractivity contribution < 1.29 is 4.74 Å². The first-order valence-electron chi connectivity index (χ1n) is 10.3. The minimum absolute atomic E-state index is 0. The first kappa shape index (κ1) is 21.7. The van der Waals surface area contributed by atoms with E-state index in [2.05, 4.69) is 69.0 Å². The zero-order valence-electron chi connectivity index (χ0n) is 18.6. The second kappa shape index (κ2) is 8.04. The summed E-state index contributed by atoms with van der Waals surface area (Å²) in [7, 11) is 1.77. The number of rotatable bonds is 4. The van der Waals surface area contributed by atoms with Crippen LogP contribution in [0.3, 0.4) is 0 Å². The topological polar surface area (TPSA) is 40.1 Å². The van der Waals surface area contributed by atoms with Gasteiger partial charge in [-0.15, -0.1) is 12.4 Å². The molecule has 1 aromatic carbocycles. The van der Waals surface area contributed by atoms with E-state index in [9.17, 15) is 0 Å². The third kappa shape index (κ3) is 3.44. The number of nitrogens with one attached hydrogen (secondary N) is 1. The van der Waals surface area contributed by atoms with Gasteiger partial charge in [-0.25, -0.2) is 5.01 Å². The standard InChI is InChI=1S/C23H32N4O.ClH/c1-13-10-14(2)20(15(3)11-13)21-18(6)25-27-22(21)24-17(5)19-12-16(4)26(23(19)27)8-9-28-7;/h10-11,16-17,25H,8-9,12H2,1-7H3;1H. The smallest absolute Gasteiger partial charge is 0.159 e. The van der Waals surface area contributed by atoms with E-state index >= 15 is 0 Å². The molecule has 0 saturated carbocycles. The van der Waals surface area contributed by atoms with E-state index < -0.39 is 0 Å². The second-order valence-corrected chi connectivity index (χ2v) is 8.44. The van der Waals surface area contributed by atoms with Crippen molar-refractivity contribution in [2.24, 2.45) is 4.99 Å². The summed E-state index contributed by atoms with van der Waals surface area (Å²) in [6.45, 7) is 14.9. The number of amidine groups is 1. The Balaban J connectivity index is 0.00000240. The number of halogens is 1. The van der Waals surface area contributed by atoms with E-state index in [1.54, 1.807) is 7.11 Å². The Kier molecular flexibility index (Phi) is 6.02. The Bertz CT molecular complexity index is 894. The first-order valence-corrected chi connectivity index (χ1v) is 10.3. The lowest BCUT2D eigenvalue weighted by Gasteiger charge is -2.36. The highest BCUT2D eigenvalue weighted by Crippen LogP contribution is 2.42. The van der Waals surface area contributed by atoms with E-state index in [-0.39, 0.29) is 18.4 Å². The van der Waals surface area contributed by atoms with Gasteiger partial charge in [0.05, 0.1) is 12.6 Å². The summed E-state index contributed by atoms with van der Waals surface area (Å²) < 4.78 is 5.38. The Hall–Kier alpha value is -1.98. The molecule has 0 aliphatic carbocycles. The van der Waals surface area contributed by atoms with E-state index in [1.165, 1.54) is 44.9 Å². The van der Waals surface area contributed by atoms with Crippen molar-refractivity contribution in [3.05, 3.63) is 51.5 Å². The fourth-order valence-corrected chi connectivity index (χ4v) is 5.02. The molecule has 0 spiro atoms. The largest absolute Gasteiger partial charge is 0.383 e. The predicted octanol–water partition coefficient (Wildman–Crippen LogP) is 4.34. The molecule has 1 N–H and O–H groups in total. The number of nitrogens with zero attached hydrogens (tertiary/aromatic N) is 3. The molecule has 0 saturated heterocycles. The van der Waals surface area contributed by atoms with Gasteiger partial charge in [0.2, 0.25) is 0 Å². The number of ether oxygens (including phenoxy) is 1. The molecule has 0 amide bonds. The molecule has 2 atom stereocenters. The Labute approximate surface area is 180 Å². The van der Waals surface area contributed by atoms with Gasteiger partial charge in [-0.2, -0.15) is 0 Å². The molecular formula is C23H33ClN4O. The van der Waals surface area contributed by atoms with Gasteiger partial charge in [0.1, 0.15) is 5.82 Å². The maximum atomic E-state index is 5.38. The third-order valence-electron chi connectivity index (χ3n) is 6.19. The average molecular weight is 417 g/mol. The molecule has 5 nitrogen and oxygen atoms in total. The quantitative estimate of drug-likeness (QED) is 0.792. The molecule has 3 aliphatic rings. The molecule has 0 aromatic heterocycles. The first-order chi connectivity index (χ1) is 13.3. The Morgan fingerprint density at radius 1 is 1.14 bits per heavy atom. The van der Waals surface area contributed by atoms with Crippen molar-refractivity contribution in [3.8, 4) is 0 Å². The third-order valence-corrected chi connectivity index (χ3v) is 6.19. The summed E-state index contributed by atoms with van der Waals surface area (Å²) in [5.41, 5.74) is 12.7. The lowest BCUT2D eigenvalue weighted by Crippen LogP contribution is -2.46. The predicted molar refractivity (Wildman–Crippen MR) is 122 cm³/mol. The molecule has 0 radical (unpaired) electrons. The average Bonchev–Trinajstić information content (AvgIpc) is 3.10. The van der Waals surface area contributed by atoms with Crippen LogP contribution in [0.4, 0.5) is 0 Å². The molecule has 29 heavy (non-hydrogen) atoms. The van der Waals surface area contributed by atoms with Crippen molar-refractivity contribution in [1.29, 1.82) is 0 Å². The highest BCUT2D eigenvalue weighted by atomic mass is 35.5. The summed E-state index contributed by atoms with van der Waals surface area (Å²) >= 11 is 0. The number of benzene rings is 1. The van der Waals surface area contributed by atoms with Crippen LogP contribution in [0, 0.1) is 20.8 Å². The van der Waals surface area contributed by atoms with Crippen molar-refractivity contribution >= 4 is 23.8 Å². The van der Waals surface area contributed by atoms with Crippen LogP contribution in [-0.2, 0) is 4.74 Å². The molecule has 3 heterocycles. The zero-order chi connectivity index (χ0) is 20.2. The summed E-state index contributed by atoms with van der Waals surface area (Å²) in [4.78, 5) is 7.63. The molecule has 158 valence electrons. The van der Waals surface area contributed by atoms with Crippen LogP contribution in [0.25, 0.3) is 5.57 Å². The van der Waals surface area contributed by atoms with Gasteiger partial charge >= 0.3 is 0 Å². The summed E-state index contributed by atoms with van der Waals surface area (Å²) in [6.07, 6.45) is 1.06. The van der Waals surface area contributed by atoms with Crippen molar-refractivity contribution in [2.75, 3.05) is 20.3 Å². The fraction of sp³-hybridized carbons (Fsp3) is 0.522. The molecule has 1 aromatic rings. The van der Waals surface area contributed by atoms with Crippen molar-refractivity contribution in [3.63, 3.8) is 0 Å². The molecule has 3 aliphatic heterocycles. The number of aliphatic imine (C=N–C) groups is 1. The van der Waals surface area contributed by atoms with Crippen LogP contribution >= 0.6 is 12.4 Å². The van der Waals surface area contributed by atoms with Crippen LogP contribution in [0.15, 0.2) is 34.2 Å². The van der Waals surface area contributed by atoms with Crippen LogP contribution < -0.4 is 5.43 Å². The number of aryl methyl sites for hydroxylation is 3. The van der Waals surface area contributed by atoms with Gasteiger partial charge in [0, 0.05) is 31.0 Å². The van der Waals surface area contributed by atoms with E-state index in [0.717, 1.165) is 25.4 Å². The summed E-state index contributed by atoms with van der Waals surface area (Å²) in [5, 5.41) is 2.22. The van der Waals surface area contributed by atoms with Crippen LogP contribution in [0.2, 0.25) is 0 Å². The molecule has 2 unspecified atom stereocenters. The highest BCUT2D eigenvalue weighted by Gasteiger charge is 2.43. The Morgan fingerprint density at radius 3 is 2.41 bits per heavy atom. The normalized spacial score (nSPS) is 23.1. The van der Waals surface area contributed by atoms with Gasteiger partial charge in [-0.05, 0) is 70.2 Å². The SMILES string of the molecule is COCCN1C2=C(CC1C)C(C)N=C1C(c3c(C)cc(C)cc3C)=C(C)NN12.Cl.